The summed E-state index contributed by atoms with van der Waals surface area (Å²) in [7, 11) is -4.57. The molecule has 13 nitrogen and oxygen atoms in total. The largest absolute Gasteiger partial charge is 0.348 e. The third-order valence-electron chi connectivity index (χ3n) is 12.2. The second kappa shape index (κ2) is 18.5. The van der Waals surface area contributed by atoms with E-state index in [0.717, 1.165) is 43.5 Å². The number of amides is 2. The number of aromatic nitrogens is 2. The number of thiophene rings is 2. The van der Waals surface area contributed by atoms with Gasteiger partial charge in [-0.25, -0.2) is 8.42 Å². The Morgan fingerprint density at radius 3 is 1.68 bits per heavy atom. The summed E-state index contributed by atoms with van der Waals surface area (Å²) in [5, 5.41) is 8.06. The van der Waals surface area contributed by atoms with Crippen LogP contribution < -0.4 is 10.6 Å². The minimum absolute atomic E-state index is 0.0168. The van der Waals surface area contributed by atoms with Crippen molar-refractivity contribution in [2.24, 2.45) is 0 Å². The van der Waals surface area contributed by atoms with Crippen LogP contribution in [0.3, 0.4) is 0 Å². The molecule has 10 rings (SSSR count). The molecule has 346 valence electrons. The van der Waals surface area contributed by atoms with Crippen molar-refractivity contribution in [2.45, 2.75) is 88.2 Å². The highest BCUT2D eigenvalue weighted by molar-refractivity contribution is 7.91. The van der Waals surface area contributed by atoms with Crippen LogP contribution in [0.1, 0.15) is 82.8 Å². The van der Waals surface area contributed by atoms with Crippen LogP contribution >= 0.6 is 45.9 Å². The third kappa shape index (κ3) is 10.7. The molecule has 2 aromatic carbocycles. The molecule has 2 aliphatic heterocycles. The van der Waals surface area contributed by atoms with E-state index in [0.29, 0.717) is 44.6 Å². The van der Waals surface area contributed by atoms with E-state index in [1.807, 2.05) is 68.4 Å². The first-order valence-corrected chi connectivity index (χ1v) is 27.1. The van der Waals surface area contributed by atoms with E-state index >= 15 is 0 Å². The fourth-order valence-electron chi connectivity index (χ4n) is 9.38. The van der Waals surface area contributed by atoms with Crippen LogP contribution in [0.4, 0.5) is 0 Å². The van der Waals surface area contributed by atoms with E-state index in [-0.39, 0.29) is 60.0 Å². The normalized spacial score (nSPS) is 24.7. The van der Waals surface area contributed by atoms with Crippen LogP contribution in [0.2, 0.25) is 8.67 Å². The van der Waals surface area contributed by atoms with Gasteiger partial charge in [0.25, 0.3) is 11.8 Å². The van der Waals surface area contributed by atoms with Gasteiger partial charge in [-0.2, -0.15) is 0 Å². The van der Waals surface area contributed by atoms with Crippen molar-refractivity contribution in [3.8, 4) is 0 Å². The number of sulfone groups is 1. The zero-order valence-electron chi connectivity index (χ0n) is 36.1. The van der Waals surface area contributed by atoms with Gasteiger partial charge in [0.1, 0.15) is 21.0 Å². The quantitative estimate of drug-likeness (QED) is 0.0944. The Hall–Kier alpha value is -3.62. The highest BCUT2D eigenvalue weighted by Gasteiger charge is 2.41. The van der Waals surface area contributed by atoms with Crippen LogP contribution in [0, 0.1) is 0 Å². The molecule has 0 radical (unpaired) electrons. The van der Waals surface area contributed by atoms with E-state index in [1.54, 1.807) is 19.9 Å². The van der Waals surface area contributed by atoms with Crippen molar-refractivity contribution >= 4 is 98.8 Å². The number of rotatable bonds is 12. The summed E-state index contributed by atoms with van der Waals surface area (Å²) in [5.74, 6) is -1.45. The Labute approximate surface area is 397 Å². The summed E-state index contributed by atoms with van der Waals surface area (Å²) in [4.78, 5) is 34.0. The van der Waals surface area contributed by atoms with Crippen molar-refractivity contribution in [3.05, 3.63) is 115 Å². The number of H-pyrrole nitrogens is 2. The van der Waals surface area contributed by atoms with Gasteiger partial charge in [0.2, 0.25) is 0 Å². The van der Waals surface area contributed by atoms with E-state index in [4.69, 9.17) is 42.1 Å². The number of nitrogens with one attached hydrogen (secondary N) is 4. The predicted molar refractivity (Wildman–Crippen MR) is 257 cm³/mol. The molecule has 65 heavy (non-hydrogen) atoms. The van der Waals surface area contributed by atoms with Crippen molar-refractivity contribution in [1.29, 1.82) is 0 Å². The average molecular weight is 1000 g/mol. The second-order valence-corrected chi connectivity index (χ2v) is 25.0. The molecule has 0 spiro atoms. The van der Waals surface area contributed by atoms with Crippen LogP contribution in [-0.2, 0) is 52.4 Å². The zero-order chi connectivity index (χ0) is 45.8. The van der Waals surface area contributed by atoms with Crippen LogP contribution in [0.15, 0.2) is 72.8 Å². The highest BCUT2D eigenvalue weighted by Crippen LogP contribution is 2.38. The Morgan fingerprint density at radius 1 is 0.708 bits per heavy atom. The molecule has 2 fully saturated rings. The smallest absolute Gasteiger partial charge is 0.268 e. The number of ether oxygens (including phenoxy) is 4. The van der Waals surface area contributed by atoms with Gasteiger partial charge in [0, 0.05) is 51.2 Å². The number of hydrogen-bond donors (Lipinski definition) is 4. The number of carbonyl (C=O) groups is 2. The monoisotopic (exact) mass is 1000 g/mol. The van der Waals surface area contributed by atoms with E-state index in [2.05, 4.69) is 32.7 Å². The number of aromatic amines is 2. The molecule has 19 heteroatoms. The maximum absolute atomic E-state index is 13.1. The minimum atomic E-state index is -3.47. The first-order chi connectivity index (χ1) is 30.9. The van der Waals surface area contributed by atoms with Gasteiger partial charge in [-0.1, -0.05) is 71.7 Å². The zero-order valence-corrected chi connectivity index (χ0v) is 40.9. The number of carbonyl (C=O) groups excluding carboxylic acids is 2. The maximum atomic E-state index is 13.1. The van der Waals surface area contributed by atoms with Gasteiger partial charge in [0.15, 0.2) is 21.4 Å². The third-order valence-corrected chi connectivity index (χ3v) is 17.8. The SMILES string of the molecule is CC1(C)OCC(CS(=O)(=O)C[C@@H]2c3ccccc3C[C@H]2NC(=O)c2cc3cc(Cl)sc3[nH]2)O1.CC1(C)OCC(CS(=O)C[C@@H]2c3ccccc3C[C@H]2NC(=O)c2cc3cc(Cl)sc3[nH]2)O1. The number of hydrogen-bond acceptors (Lipinski definition) is 11. The topological polar surface area (TPSA) is 178 Å². The van der Waals surface area contributed by atoms with Crippen molar-refractivity contribution in [1.82, 2.24) is 20.6 Å². The van der Waals surface area contributed by atoms with Crippen LogP contribution in [0.5, 0.6) is 0 Å². The van der Waals surface area contributed by atoms with Gasteiger partial charge in [-0.3, -0.25) is 13.8 Å². The first kappa shape index (κ1) is 46.5. The molecule has 6 aromatic rings. The molecule has 2 aliphatic carbocycles. The number of halogens is 2. The fourth-order valence-corrected chi connectivity index (χ4v) is 15.0. The first-order valence-electron chi connectivity index (χ1n) is 21.4. The van der Waals surface area contributed by atoms with E-state index in [9.17, 15) is 22.2 Å². The second-order valence-electron chi connectivity index (χ2n) is 18.0. The predicted octanol–water partition coefficient (Wildman–Crippen LogP) is 8.11. The molecule has 3 unspecified atom stereocenters. The average Bonchev–Trinajstić information content (AvgIpc) is 4.11. The lowest BCUT2D eigenvalue weighted by Crippen LogP contribution is -2.41. The van der Waals surface area contributed by atoms with Gasteiger partial charge < -0.3 is 39.5 Å². The van der Waals surface area contributed by atoms with Crippen LogP contribution in [0.25, 0.3) is 20.4 Å². The summed E-state index contributed by atoms with van der Waals surface area (Å²) in [6.07, 6.45) is 0.641. The van der Waals surface area contributed by atoms with Crippen molar-refractivity contribution < 1.29 is 41.2 Å². The van der Waals surface area contributed by atoms with Gasteiger partial charge >= 0.3 is 0 Å². The standard InChI is InChI=1S/C23H25ClN2O5S2.C23H25ClN2O4S2/c1-23(2)30-10-15(31-23)11-33(28,29)12-17-16-6-4-3-5-13(16)7-18(17)25-21(27)19-8-14-9-20(24)32-22(14)26-19;1-23(2)29-10-15(30-23)11-32(28)12-17-16-6-4-3-5-13(16)7-18(17)25-21(27)19-8-14-9-20(24)31-22(14)26-19/h3-6,8-9,15,17-18,26H,7,10-12H2,1-2H3,(H,25,27);3-6,8-9,15,17-18,26H,7,10-12H2,1-2H3,(H,25,27)/t15?,17-,18-;15?,17-,18-,32?/m11/s1. The molecule has 4 aromatic heterocycles. The van der Waals surface area contributed by atoms with Crippen molar-refractivity contribution in [2.75, 3.05) is 36.2 Å². The molecule has 2 amide bonds. The Balaban J connectivity index is 0.000000164. The Bertz CT molecular complexity index is 2820. The Morgan fingerprint density at radius 2 is 1.18 bits per heavy atom. The van der Waals surface area contributed by atoms with Crippen molar-refractivity contribution in [3.63, 3.8) is 0 Å². The molecule has 7 atom stereocenters. The number of benzene rings is 2. The van der Waals surface area contributed by atoms with E-state index < -0.39 is 38.3 Å². The summed E-state index contributed by atoms with van der Waals surface area (Å²) >= 11 is 14.9. The molecule has 2 saturated heterocycles. The molecule has 4 N–H and O–H groups in total. The van der Waals surface area contributed by atoms with Gasteiger partial charge in [-0.15, -0.1) is 22.7 Å². The molecule has 4 aliphatic rings. The van der Waals surface area contributed by atoms with Crippen LogP contribution in [-0.4, -0.2) is 107 Å². The molecular formula is C46H50Cl2N4O9S4. The fraction of sp³-hybridized carbons (Fsp3) is 0.435. The summed E-state index contributed by atoms with van der Waals surface area (Å²) in [5.41, 5.74) is 5.33. The Kier molecular flexibility index (Phi) is 13.2. The summed E-state index contributed by atoms with van der Waals surface area (Å²) in [6.45, 7) is 7.99. The lowest BCUT2D eigenvalue weighted by Gasteiger charge is -2.23. The molecule has 0 saturated carbocycles. The number of fused-ring (bicyclic) bond motifs is 4. The van der Waals surface area contributed by atoms with Gasteiger partial charge in [-0.05, 0) is 87.1 Å². The lowest BCUT2D eigenvalue weighted by atomic mass is 10.0. The molecular weight excluding hydrogens is 952 g/mol. The highest BCUT2D eigenvalue weighted by atomic mass is 35.5. The summed E-state index contributed by atoms with van der Waals surface area (Å²) < 4.78 is 63.3. The minimum Gasteiger partial charge on any atom is -0.348 e. The molecule has 0 bridgehead atoms. The maximum Gasteiger partial charge on any atom is 0.268 e. The lowest BCUT2D eigenvalue weighted by molar-refractivity contribution is -0.136. The molecule has 6 heterocycles. The van der Waals surface area contributed by atoms with Gasteiger partial charge in [0.05, 0.1) is 51.4 Å². The summed E-state index contributed by atoms with van der Waals surface area (Å²) in [6, 6.07) is 22.7. The van der Waals surface area contributed by atoms with E-state index in [1.165, 1.54) is 28.2 Å².